The summed E-state index contributed by atoms with van der Waals surface area (Å²) < 4.78 is 30.6. The standard InChI is InChI=1S/C15H33N5O3S/c1-5-24(21,22)19-8-6-7-17-14(16-4)18-13-15(2,3)20-9-11-23-12-10-20/h19H,5-13H2,1-4H3,(H2,16,17,18). The lowest BCUT2D eigenvalue weighted by Crippen LogP contribution is -2.56. The Morgan fingerprint density at radius 2 is 1.88 bits per heavy atom. The SMILES string of the molecule is CCS(=O)(=O)NCCCNC(=NC)NCC(C)(C)N1CCOCC1. The van der Waals surface area contributed by atoms with Gasteiger partial charge in [-0.05, 0) is 27.2 Å². The zero-order chi connectivity index (χ0) is 18.1. The molecule has 0 amide bonds. The maximum absolute atomic E-state index is 11.3. The number of rotatable bonds is 9. The normalized spacial score (nSPS) is 17.8. The Kier molecular flexibility index (Phi) is 8.96. The summed E-state index contributed by atoms with van der Waals surface area (Å²) in [5.41, 5.74) is 0.0121. The molecule has 0 spiro atoms. The van der Waals surface area contributed by atoms with Crippen molar-refractivity contribution in [3.8, 4) is 0 Å². The summed E-state index contributed by atoms with van der Waals surface area (Å²) in [6, 6.07) is 0. The van der Waals surface area contributed by atoms with E-state index in [0.717, 1.165) is 38.8 Å². The van der Waals surface area contributed by atoms with Gasteiger partial charge in [0, 0.05) is 45.3 Å². The summed E-state index contributed by atoms with van der Waals surface area (Å²) in [6.45, 7) is 11.3. The first kappa shape index (κ1) is 21.1. The lowest BCUT2D eigenvalue weighted by Gasteiger charge is -2.41. The second-order valence-electron chi connectivity index (χ2n) is 6.42. The van der Waals surface area contributed by atoms with Crippen molar-refractivity contribution in [2.24, 2.45) is 4.99 Å². The van der Waals surface area contributed by atoms with Gasteiger partial charge in [-0.25, -0.2) is 13.1 Å². The molecule has 1 fully saturated rings. The summed E-state index contributed by atoms with van der Waals surface area (Å²) in [5.74, 6) is 0.843. The lowest BCUT2D eigenvalue weighted by atomic mass is 10.0. The van der Waals surface area contributed by atoms with Crippen molar-refractivity contribution in [2.45, 2.75) is 32.7 Å². The van der Waals surface area contributed by atoms with E-state index in [4.69, 9.17) is 4.74 Å². The highest BCUT2D eigenvalue weighted by Gasteiger charge is 2.28. The first-order chi connectivity index (χ1) is 11.3. The fourth-order valence-electron chi connectivity index (χ4n) is 2.43. The molecule has 3 N–H and O–H groups in total. The fraction of sp³-hybridized carbons (Fsp3) is 0.933. The summed E-state index contributed by atoms with van der Waals surface area (Å²) in [4.78, 5) is 6.62. The number of ether oxygens (including phenoxy) is 1. The molecule has 1 saturated heterocycles. The number of hydrogen-bond donors (Lipinski definition) is 3. The van der Waals surface area contributed by atoms with Gasteiger partial charge in [0.2, 0.25) is 10.0 Å². The van der Waals surface area contributed by atoms with E-state index in [-0.39, 0.29) is 11.3 Å². The molecule has 0 aromatic heterocycles. The summed E-state index contributed by atoms with van der Waals surface area (Å²) >= 11 is 0. The van der Waals surface area contributed by atoms with Crippen LogP contribution in [0.3, 0.4) is 0 Å². The molecule has 0 saturated carbocycles. The molecular weight excluding hydrogens is 330 g/mol. The number of nitrogens with zero attached hydrogens (tertiary/aromatic N) is 2. The lowest BCUT2D eigenvalue weighted by molar-refractivity contribution is -0.00833. The van der Waals surface area contributed by atoms with Gasteiger partial charge in [-0.15, -0.1) is 0 Å². The molecule has 1 aliphatic heterocycles. The number of morpholine rings is 1. The van der Waals surface area contributed by atoms with Crippen LogP contribution in [0.2, 0.25) is 0 Å². The van der Waals surface area contributed by atoms with Crippen LogP contribution in [0, 0.1) is 0 Å². The zero-order valence-electron chi connectivity index (χ0n) is 15.4. The molecule has 0 aromatic carbocycles. The zero-order valence-corrected chi connectivity index (χ0v) is 16.2. The smallest absolute Gasteiger partial charge is 0.211 e. The topological polar surface area (TPSA) is 95.1 Å². The van der Waals surface area contributed by atoms with Crippen molar-refractivity contribution in [2.75, 3.05) is 58.7 Å². The Balaban J connectivity index is 2.27. The van der Waals surface area contributed by atoms with E-state index in [9.17, 15) is 8.42 Å². The average molecular weight is 364 g/mol. The van der Waals surface area contributed by atoms with E-state index in [1.54, 1.807) is 14.0 Å². The molecule has 0 unspecified atom stereocenters. The van der Waals surface area contributed by atoms with Crippen LogP contribution in [0.5, 0.6) is 0 Å². The molecule has 0 radical (unpaired) electrons. The predicted octanol–water partition coefficient (Wildman–Crippen LogP) is -0.408. The van der Waals surface area contributed by atoms with Crippen LogP contribution in [-0.4, -0.2) is 83.6 Å². The van der Waals surface area contributed by atoms with Crippen LogP contribution in [0.4, 0.5) is 0 Å². The monoisotopic (exact) mass is 363 g/mol. The third-order valence-corrected chi connectivity index (χ3v) is 5.53. The van der Waals surface area contributed by atoms with Crippen molar-refractivity contribution in [3.05, 3.63) is 0 Å². The molecule has 8 nitrogen and oxygen atoms in total. The molecule has 24 heavy (non-hydrogen) atoms. The first-order valence-electron chi connectivity index (χ1n) is 8.55. The predicted molar refractivity (Wildman–Crippen MR) is 97.9 cm³/mol. The van der Waals surface area contributed by atoms with Gasteiger partial charge in [-0.2, -0.15) is 0 Å². The minimum atomic E-state index is -3.11. The Labute approximate surface area is 146 Å². The van der Waals surface area contributed by atoms with E-state index in [2.05, 4.69) is 39.1 Å². The highest BCUT2D eigenvalue weighted by Crippen LogP contribution is 2.14. The van der Waals surface area contributed by atoms with E-state index in [1.807, 2.05) is 0 Å². The molecule has 9 heteroatoms. The Hall–Kier alpha value is -0.900. The highest BCUT2D eigenvalue weighted by atomic mass is 32.2. The minimum absolute atomic E-state index is 0.0121. The van der Waals surface area contributed by atoms with E-state index in [0.29, 0.717) is 19.5 Å². The van der Waals surface area contributed by atoms with Gasteiger partial charge in [0.1, 0.15) is 0 Å². The summed E-state index contributed by atoms with van der Waals surface area (Å²) in [7, 11) is -1.37. The first-order valence-corrected chi connectivity index (χ1v) is 10.2. The molecule has 0 aliphatic carbocycles. The van der Waals surface area contributed by atoms with Crippen LogP contribution in [0.1, 0.15) is 27.2 Å². The molecule has 142 valence electrons. The minimum Gasteiger partial charge on any atom is -0.379 e. The van der Waals surface area contributed by atoms with Gasteiger partial charge in [0.15, 0.2) is 5.96 Å². The number of nitrogens with one attached hydrogen (secondary N) is 3. The molecule has 0 bridgehead atoms. The van der Waals surface area contributed by atoms with E-state index < -0.39 is 10.0 Å². The second-order valence-corrected chi connectivity index (χ2v) is 8.51. The van der Waals surface area contributed by atoms with Crippen molar-refractivity contribution < 1.29 is 13.2 Å². The molecule has 1 aliphatic rings. The van der Waals surface area contributed by atoms with Crippen molar-refractivity contribution in [1.29, 1.82) is 0 Å². The van der Waals surface area contributed by atoms with Gasteiger partial charge in [0.25, 0.3) is 0 Å². The van der Waals surface area contributed by atoms with Gasteiger partial charge in [-0.1, -0.05) is 0 Å². The fourth-order valence-corrected chi connectivity index (χ4v) is 3.09. The van der Waals surface area contributed by atoms with E-state index >= 15 is 0 Å². The van der Waals surface area contributed by atoms with Crippen LogP contribution in [-0.2, 0) is 14.8 Å². The third kappa shape index (κ3) is 7.78. The quantitative estimate of drug-likeness (QED) is 0.293. The number of hydrogen-bond acceptors (Lipinski definition) is 5. The second kappa shape index (κ2) is 10.2. The molecular formula is C15H33N5O3S. The van der Waals surface area contributed by atoms with Crippen molar-refractivity contribution in [3.63, 3.8) is 0 Å². The van der Waals surface area contributed by atoms with Gasteiger partial charge < -0.3 is 15.4 Å². The maximum Gasteiger partial charge on any atom is 0.211 e. The highest BCUT2D eigenvalue weighted by molar-refractivity contribution is 7.89. The number of aliphatic imine (C=N–C) groups is 1. The Bertz CT molecular complexity index is 487. The van der Waals surface area contributed by atoms with Crippen LogP contribution < -0.4 is 15.4 Å². The van der Waals surface area contributed by atoms with Crippen molar-refractivity contribution >= 4 is 16.0 Å². The molecule has 1 rings (SSSR count). The summed E-state index contributed by atoms with van der Waals surface area (Å²) in [5, 5.41) is 6.55. The average Bonchev–Trinajstić information content (AvgIpc) is 2.58. The van der Waals surface area contributed by atoms with Crippen LogP contribution in [0.15, 0.2) is 4.99 Å². The Morgan fingerprint density at radius 1 is 1.21 bits per heavy atom. The largest absolute Gasteiger partial charge is 0.379 e. The van der Waals surface area contributed by atoms with Gasteiger partial charge in [-0.3, -0.25) is 9.89 Å². The third-order valence-electron chi connectivity index (χ3n) is 4.13. The number of sulfonamides is 1. The summed E-state index contributed by atoms with van der Waals surface area (Å²) in [6.07, 6.45) is 0.701. The number of guanidine groups is 1. The van der Waals surface area contributed by atoms with Gasteiger partial charge >= 0.3 is 0 Å². The molecule has 1 heterocycles. The molecule has 0 atom stereocenters. The van der Waals surface area contributed by atoms with Crippen LogP contribution in [0.25, 0.3) is 0 Å². The van der Waals surface area contributed by atoms with Crippen molar-refractivity contribution in [1.82, 2.24) is 20.3 Å². The van der Waals surface area contributed by atoms with E-state index in [1.165, 1.54) is 0 Å². The maximum atomic E-state index is 11.3. The molecule has 0 aromatic rings. The Morgan fingerprint density at radius 3 is 2.46 bits per heavy atom. The van der Waals surface area contributed by atoms with Gasteiger partial charge in [0.05, 0.1) is 19.0 Å². The van der Waals surface area contributed by atoms with Crippen LogP contribution >= 0.6 is 0 Å².